The van der Waals surface area contributed by atoms with Crippen molar-refractivity contribution in [2.75, 3.05) is 13.2 Å². The molecular weight excluding hydrogens is 268 g/mol. The van der Waals surface area contributed by atoms with Crippen LogP contribution in [-0.4, -0.2) is 24.5 Å². The maximum absolute atomic E-state index is 10.5. The highest BCUT2D eigenvalue weighted by atomic mass is 32.1. The number of hydrogen-bond acceptors (Lipinski definition) is 5. The molecule has 19 heavy (non-hydrogen) atoms. The Bertz CT molecular complexity index is 547. The van der Waals surface area contributed by atoms with Gasteiger partial charge in [0.25, 0.3) is 0 Å². The first-order chi connectivity index (χ1) is 9.13. The molecule has 0 unspecified atom stereocenters. The smallest absolute Gasteiger partial charge is 0.490 e. The summed E-state index contributed by atoms with van der Waals surface area (Å²) in [6, 6.07) is 5.34. The summed E-state index contributed by atoms with van der Waals surface area (Å²) in [5.41, 5.74) is 0. The predicted octanol–water partition coefficient (Wildman–Crippen LogP) is 3.76. The van der Waals surface area contributed by atoms with Crippen molar-refractivity contribution in [3.63, 3.8) is 0 Å². The molecule has 1 heterocycles. The van der Waals surface area contributed by atoms with Gasteiger partial charge in [-0.1, -0.05) is 11.3 Å². The van der Waals surface area contributed by atoms with E-state index >= 15 is 0 Å². The first-order valence-electron chi connectivity index (χ1n) is 5.88. The number of hydrogen-bond donors (Lipinski definition) is 1. The highest BCUT2D eigenvalue weighted by Gasteiger charge is 2.12. The molecule has 102 valence electrons. The summed E-state index contributed by atoms with van der Waals surface area (Å²) in [6.45, 7) is 4.86. The van der Waals surface area contributed by atoms with E-state index in [0.29, 0.717) is 29.8 Å². The van der Waals surface area contributed by atoms with Crippen molar-refractivity contribution in [3.8, 4) is 16.6 Å². The van der Waals surface area contributed by atoms with Crippen LogP contribution in [0, 0.1) is 0 Å². The van der Waals surface area contributed by atoms with Crippen LogP contribution in [0.1, 0.15) is 13.8 Å². The first kappa shape index (κ1) is 13.5. The van der Waals surface area contributed by atoms with Gasteiger partial charge in [0.2, 0.25) is 0 Å². The van der Waals surface area contributed by atoms with Crippen molar-refractivity contribution >= 4 is 27.6 Å². The lowest BCUT2D eigenvalue weighted by molar-refractivity contribution is 0.146. The Labute approximate surface area is 114 Å². The molecule has 0 aliphatic heterocycles. The summed E-state index contributed by atoms with van der Waals surface area (Å²) in [6.07, 6.45) is -1.32. The summed E-state index contributed by atoms with van der Waals surface area (Å²) in [7, 11) is 0. The molecule has 5 nitrogen and oxygen atoms in total. The highest BCUT2D eigenvalue weighted by Crippen LogP contribution is 2.39. The van der Waals surface area contributed by atoms with Crippen LogP contribution >= 0.6 is 11.3 Å². The van der Waals surface area contributed by atoms with Crippen molar-refractivity contribution < 1.29 is 24.1 Å². The number of carboxylic acid groups (broad SMARTS) is 1. The Morgan fingerprint density at radius 3 is 2.37 bits per heavy atom. The lowest BCUT2D eigenvalue weighted by Gasteiger charge is -2.10. The number of thiophene rings is 1. The normalized spacial score (nSPS) is 10.4. The third kappa shape index (κ3) is 3.08. The second-order valence-corrected chi connectivity index (χ2v) is 4.68. The SMILES string of the molecule is CCOc1cc2cc(OC(=O)O)sc2cc1OCC. The molecule has 2 rings (SSSR count). The fourth-order valence-corrected chi connectivity index (χ4v) is 2.61. The monoisotopic (exact) mass is 282 g/mol. The van der Waals surface area contributed by atoms with E-state index in [9.17, 15) is 4.79 Å². The lowest BCUT2D eigenvalue weighted by atomic mass is 10.2. The van der Waals surface area contributed by atoms with Gasteiger partial charge in [0.05, 0.1) is 13.2 Å². The van der Waals surface area contributed by atoms with Gasteiger partial charge >= 0.3 is 6.16 Å². The van der Waals surface area contributed by atoms with Gasteiger partial charge < -0.3 is 19.3 Å². The van der Waals surface area contributed by atoms with Crippen molar-refractivity contribution in [2.45, 2.75) is 13.8 Å². The molecule has 0 bridgehead atoms. The van der Waals surface area contributed by atoms with Gasteiger partial charge in [-0.3, -0.25) is 0 Å². The number of carbonyl (C=O) groups is 1. The molecule has 0 atom stereocenters. The van der Waals surface area contributed by atoms with Crippen molar-refractivity contribution in [3.05, 3.63) is 18.2 Å². The quantitative estimate of drug-likeness (QED) is 0.846. The molecule has 0 amide bonds. The van der Waals surface area contributed by atoms with E-state index in [1.54, 1.807) is 6.07 Å². The average Bonchev–Trinajstić information content (AvgIpc) is 2.70. The predicted molar refractivity (Wildman–Crippen MR) is 72.8 cm³/mol. The maximum Gasteiger partial charge on any atom is 0.512 e. The third-order valence-electron chi connectivity index (χ3n) is 2.35. The molecule has 0 fully saturated rings. The van der Waals surface area contributed by atoms with Gasteiger partial charge in [-0.05, 0) is 19.9 Å². The Balaban J connectivity index is 2.43. The zero-order valence-electron chi connectivity index (χ0n) is 10.6. The minimum absolute atomic E-state index is 0.332. The summed E-state index contributed by atoms with van der Waals surface area (Å²) in [4.78, 5) is 10.5. The molecule has 0 aliphatic carbocycles. The highest BCUT2D eigenvalue weighted by molar-refractivity contribution is 7.20. The lowest BCUT2D eigenvalue weighted by Crippen LogP contribution is -2.00. The molecule has 2 aromatic rings. The molecule has 0 radical (unpaired) electrons. The minimum atomic E-state index is -1.32. The molecule has 1 aromatic heterocycles. The Kier molecular flexibility index (Phi) is 4.11. The van der Waals surface area contributed by atoms with Crippen molar-refractivity contribution in [2.24, 2.45) is 0 Å². The largest absolute Gasteiger partial charge is 0.512 e. The molecule has 0 saturated heterocycles. The maximum atomic E-state index is 10.5. The van der Waals surface area contributed by atoms with Crippen molar-refractivity contribution in [1.82, 2.24) is 0 Å². The fraction of sp³-hybridized carbons (Fsp3) is 0.308. The second-order valence-electron chi connectivity index (χ2n) is 3.64. The molecule has 0 saturated carbocycles. The molecular formula is C13H14O5S. The van der Waals surface area contributed by atoms with Gasteiger partial charge in [-0.15, -0.1) is 0 Å². The van der Waals surface area contributed by atoms with E-state index in [4.69, 9.17) is 14.6 Å². The Hall–Kier alpha value is -1.95. The van der Waals surface area contributed by atoms with Crippen LogP contribution in [0.4, 0.5) is 4.79 Å². The van der Waals surface area contributed by atoms with E-state index in [-0.39, 0.29) is 0 Å². The number of rotatable bonds is 5. The summed E-state index contributed by atoms with van der Waals surface area (Å²) in [5.74, 6) is 1.30. The number of ether oxygens (including phenoxy) is 3. The summed E-state index contributed by atoms with van der Waals surface area (Å²) in [5, 5.41) is 9.81. The topological polar surface area (TPSA) is 65.0 Å². The summed E-state index contributed by atoms with van der Waals surface area (Å²) < 4.78 is 16.6. The molecule has 0 aliphatic rings. The molecule has 1 aromatic carbocycles. The van der Waals surface area contributed by atoms with E-state index in [0.717, 1.165) is 10.1 Å². The average molecular weight is 282 g/mol. The second kappa shape index (κ2) is 5.79. The zero-order valence-corrected chi connectivity index (χ0v) is 11.5. The van der Waals surface area contributed by atoms with E-state index < -0.39 is 6.16 Å². The van der Waals surface area contributed by atoms with Crippen LogP contribution in [0.2, 0.25) is 0 Å². The Morgan fingerprint density at radius 2 is 1.79 bits per heavy atom. The standard InChI is InChI=1S/C13H14O5S/c1-3-16-9-5-8-6-12(18-13(14)15)19-11(8)7-10(9)17-4-2/h5-7H,3-4H2,1-2H3,(H,14,15). The van der Waals surface area contributed by atoms with E-state index in [2.05, 4.69) is 4.74 Å². The van der Waals surface area contributed by atoms with Gasteiger partial charge in [0, 0.05) is 22.2 Å². The molecule has 6 heteroatoms. The van der Waals surface area contributed by atoms with Crippen LogP contribution < -0.4 is 14.2 Å². The molecule has 0 spiro atoms. The molecule has 1 N–H and O–H groups in total. The van der Waals surface area contributed by atoms with Crippen LogP contribution in [0.15, 0.2) is 18.2 Å². The Morgan fingerprint density at radius 1 is 1.16 bits per heavy atom. The van der Waals surface area contributed by atoms with Gasteiger partial charge in [-0.25, -0.2) is 4.79 Å². The first-order valence-corrected chi connectivity index (χ1v) is 6.69. The number of benzene rings is 1. The van der Waals surface area contributed by atoms with Gasteiger partial charge in [0.1, 0.15) is 0 Å². The van der Waals surface area contributed by atoms with Crippen molar-refractivity contribution in [1.29, 1.82) is 0 Å². The van der Waals surface area contributed by atoms with Crippen LogP contribution in [0.3, 0.4) is 0 Å². The number of fused-ring (bicyclic) bond motifs is 1. The van der Waals surface area contributed by atoms with Gasteiger partial charge in [0.15, 0.2) is 16.6 Å². The van der Waals surface area contributed by atoms with Crippen LogP contribution in [-0.2, 0) is 0 Å². The van der Waals surface area contributed by atoms with Gasteiger partial charge in [-0.2, -0.15) is 0 Å². The van der Waals surface area contributed by atoms with E-state index in [1.807, 2.05) is 26.0 Å². The van der Waals surface area contributed by atoms with E-state index in [1.165, 1.54) is 11.3 Å². The minimum Gasteiger partial charge on any atom is -0.490 e. The van der Waals surface area contributed by atoms with Crippen LogP contribution in [0.25, 0.3) is 10.1 Å². The summed E-state index contributed by atoms with van der Waals surface area (Å²) >= 11 is 1.25. The fourth-order valence-electron chi connectivity index (χ4n) is 1.70. The zero-order chi connectivity index (χ0) is 13.8. The van der Waals surface area contributed by atoms with Crippen LogP contribution in [0.5, 0.6) is 16.6 Å². The third-order valence-corrected chi connectivity index (χ3v) is 3.32.